The maximum absolute atomic E-state index is 13.4. The normalized spacial score (nSPS) is 14.2. The van der Waals surface area contributed by atoms with Crippen LogP contribution in [0.3, 0.4) is 0 Å². The van der Waals surface area contributed by atoms with E-state index < -0.39 is 8.32 Å². The summed E-state index contributed by atoms with van der Waals surface area (Å²) >= 11 is 0. The van der Waals surface area contributed by atoms with E-state index in [-0.39, 0.29) is 16.8 Å². The van der Waals surface area contributed by atoms with Gasteiger partial charge < -0.3 is 9.16 Å². The summed E-state index contributed by atoms with van der Waals surface area (Å²) in [4.78, 5) is 0. The van der Waals surface area contributed by atoms with Gasteiger partial charge in [-0.3, -0.25) is 0 Å². The molecule has 0 aliphatic rings. The van der Waals surface area contributed by atoms with E-state index in [9.17, 15) is 4.39 Å². The lowest BCUT2D eigenvalue weighted by atomic mass is 10.0. The summed E-state index contributed by atoms with van der Waals surface area (Å²) < 4.78 is 24.9. The first-order valence-electron chi connectivity index (χ1n) is 7.06. The fraction of sp³-hybridized carbons (Fsp3) is 0.625. The van der Waals surface area contributed by atoms with Crippen molar-refractivity contribution in [3.8, 4) is 5.75 Å². The Morgan fingerprint density at radius 3 is 2.35 bits per heavy atom. The van der Waals surface area contributed by atoms with E-state index in [2.05, 4.69) is 33.9 Å². The quantitative estimate of drug-likeness (QED) is 0.715. The smallest absolute Gasteiger partial charge is 0.192 e. The summed E-state index contributed by atoms with van der Waals surface area (Å²) in [5.74, 6) is 0.590. The lowest BCUT2D eigenvalue weighted by Crippen LogP contribution is -2.41. The molecule has 0 fully saturated rings. The van der Waals surface area contributed by atoms with E-state index in [1.165, 1.54) is 6.07 Å². The van der Waals surface area contributed by atoms with Crippen molar-refractivity contribution >= 4 is 8.32 Å². The highest BCUT2D eigenvalue weighted by Crippen LogP contribution is 2.37. The summed E-state index contributed by atoms with van der Waals surface area (Å²) in [5, 5.41) is 0.179. The molecule has 1 aromatic rings. The first kappa shape index (κ1) is 17.2. The predicted octanol–water partition coefficient (Wildman–Crippen LogP) is 4.96. The molecule has 1 atom stereocenters. The average Bonchev–Trinajstić information content (AvgIpc) is 2.34. The van der Waals surface area contributed by atoms with Gasteiger partial charge >= 0.3 is 0 Å². The first-order valence-corrected chi connectivity index (χ1v) is 9.96. The zero-order chi connectivity index (χ0) is 15.6. The molecule has 0 N–H and O–H groups in total. The van der Waals surface area contributed by atoms with Crippen molar-refractivity contribution in [2.75, 3.05) is 13.7 Å². The maximum Gasteiger partial charge on any atom is 0.192 e. The van der Waals surface area contributed by atoms with Gasteiger partial charge in [0.05, 0.1) is 7.11 Å². The minimum atomic E-state index is -1.78. The Hall–Kier alpha value is -0.873. The Bertz CT molecular complexity index is 452. The highest BCUT2D eigenvalue weighted by Gasteiger charge is 2.37. The number of halogens is 1. The molecule has 4 heteroatoms. The second-order valence-corrected chi connectivity index (χ2v) is 11.7. The van der Waals surface area contributed by atoms with Crippen LogP contribution in [0.4, 0.5) is 4.39 Å². The molecule has 0 aliphatic heterocycles. The van der Waals surface area contributed by atoms with Crippen molar-refractivity contribution < 1.29 is 13.6 Å². The van der Waals surface area contributed by atoms with Crippen molar-refractivity contribution in [1.82, 2.24) is 0 Å². The fourth-order valence-corrected chi connectivity index (χ4v) is 2.83. The van der Waals surface area contributed by atoms with Crippen LogP contribution in [0.1, 0.15) is 39.2 Å². The van der Waals surface area contributed by atoms with Crippen LogP contribution in [0.5, 0.6) is 5.75 Å². The van der Waals surface area contributed by atoms with Gasteiger partial charge in [0, 0.05) is 18.1 Å². The molecule has 0 heterocycles. The number of hydrogen-bond acceptors (Lipinski definition) is 2. The first-order chi connectivity index (χ1) is 9.08. The van der Waals surface area contributed by atoms with Crippen molar-refractivity contribution in [1.29, 1.82) is 0 Å². The summed E-state index contributed by atoms with van der Waals surface area (Å²) in [7, 11) is -0.167. The summed E-state index contributed by atoms with van der Waals surface area (Å²) in [6.45, 7) is 13.7. The van der Waals surface area contributed by atoms with E-state index in [1.807, 2.05) is 6.92 Å². The van der Waals surface area contributed by atoms with E-state index in [1.54, 1.807) is 19.2 Å². The monoisotopic (exact) mass is 298 g/mol. The predicted molar refractivity (Wildman–Crippen MR) is 84.5 cm³/mol. The molecule has 0 saturated heterocycles. The summed E-state index contributed by atoms with van der Waals surface area (Å²) in [5.41, 5.74) is 0.867. The third-order valence-electron chi connectivity index (χ3n) is 4.22. The number of hydrogen-bond donors (Lipinski definition) is 0. The van der Waals surface area contributed by atoms with Gasteiger partial charge in [0.25, 0.3) is 0 Å². The highest BCUT2D eigenvalue weighted by atomic mass is 28.4. The molecule has 0 radical (unpaired) electrons. The molecule has 0 saturated carbocycles. The molecule has 1 rings (SSSR count). The van der Waals surface area contributed by atoms with Gasteiger partial charge in [0.15, 0.2) is 8.32 Å². The molecule has 2 nitrogen and oxygen atoms in total. The highest BCUT2D eigenvalue weighted by molar-refractivity contribution is 6.74. The minimum absolute atomic E-state index is 0.106. The summed E-state index contributed by atoms with van der Waals surface area (Å²) in [6.07, 6.45) is 0. The zero-order valence-corrected chi connectivity index (χ0v) is 14.7. The standard InChI is InChI=1S/C16H27FO2Si/c1-12(11-19-20(6,7)16(2,3)4)14-10-13(17)8-9-15(14)18-5/h8-10,12H,11H2,1-7H3/t12-/m0/s1. The van der Waals surface area contributed by atoms with Gasteiger partial charge in [-0.1, -0.05) is 27.7 Å². The Morgan fingerprint density at radius 1 is 1.25 bits per heavy atom. The molecule has 0 bridgehead atoms. The van der Waals surface area contributed by atoms with Crippen LogP contribution in [0, 0.1) is 5.82 Å². The van der Waals surface area contributed by atoms with Crippen LogP contribution in [-0.2, 0) is 4.43 Å². The number of methoxy groups -OCH3 is 1. The Kier molecular flexibility index (Phi) is 5.38. The lowest BCUT2D eigenvalue weighted by molar-refractivity contribution is 0.266. The molecular formula is C16H27FO2Si. The molecule has 114 valence electrons. The Morgan fingerprint density at radius 2 is 1.85 bits per heavy atom. The van der Waals surface area contributed by atoms with Crippen LogP contribution < -0.4 is 4.74 Å². The van der Waals surface area contributed by atoms with Gasteiger partial charge in [-0.25, -0.2) is 4.39 Å². The molecule has 1 aromatic carbocycles. The Labute approximate surface area is 123 Å². The van der Waals surface area contributed by atoms with Crippen molar-refractivity contribution in [3.63, 3.8) is 0 Å². The van der Waals surface area contributed by atoms with E-state index in [0.29, 0.717) is 6.61 Å². The molecule has 0 unspecified atom stereocenters. The molecular weight excluding hydrogens is 271 g/mol. The minimum Gasteiger partial charge on any atom is -0.496 e. The SMILES string of the molecule is COc1ccc(F)cc1[C@@H](C)CO[Si](C)(C)C(C)(C)C. The van der Waals surface area contributed by atoms with E-state index in [4.69, 9.17) is 9.16 Å². The second-order valence-electron chi connectivity index (χ2n) is 6.86. The van der Waals surface area contributed by atoms with Crippen LogP contribution in [0.25, 0.3) is 0 Å². The molecule has 0 aliphatic carbocycles. The third-order valence-corrected chi connectivity index (χ3v) is 8.72. The topological polar surface area (TPSA) is 18.5 Å². The van der Waals surface area contributed by atoms with E-state index in [0.717, 1.165) is 11.3 Å². The average molecular weight is 298 g/mol. The van der Waals surface area contributed by atoms with Crippen molar-refractivity contribution in [3.05, 3.63) is 29.6 Å². The second kappa shape index (κ2) is 6.27. The van der Waals surface area contributed by atoms with Crippen LogP contribution in [-0.4, -0.2) is 22.0 Å². The van der Waals surface area contributed by atoms with Crippen LogP contribution in [0.2, 0.25) is 18.1 Å². The van der Waals surface area contributed by atoms with Gasteiger partial charge in [0.1, 0.15) is 11.6 Å². The van der Waals surface area contributed by atoms with Gasteiger partial charge in [-0.15, -0.1) is 0 Å². The van der Waals surface area contributed by atoms with Crippen molar-refractivity contribution in [2.45, 2.75) is 51.7 Å². The van der Waals surface area contributed by atoms with Crippen molar-refractivity contribution in [2.24, 2.45) is 0 Å². The van der Waals surface area contributed by atoms with Crippen LogP contribution >= 0.6 is 0 Å². The number of rotatable bonds is 5. The largest absolute Gasteiger partial charge is 0.496 e. The molecule has 0 spiro atoms. The molecule has 20 heavy (non-hydrogen) atoms. The van der Waals surface area contributed by atoms with Gasteiger partial charge in [0.2, 0.25) is 0 Å². The van der Waals surface area contributed by atoms with Crippen LogP contribution in [0.15, 0.2) is 18.2 Å². The van der Waals surface area contributed by atoms with Gasteiger partial charge in [-0.05, 0) is 36.3 Å². The third kappa shape index (κ3) is 4.06. The Balaban J connectivity index is 2.82. The van der Waals surface area contributed by atoms with E-state index >= 15 is 0 Å². The molecule has 0 aromatic heterocycles. The lowest BCUT2D eigenvalue weighted by Gasteiger charge is -2.37. The summed E-state index contributed by atoms with van der Waals surface area (Å²) in [6, 6.07) is 4.63. The number of ether oxygens (including phenoxy) is 1. The number of benzene rings is 1. The fourth-order valence-electron chi connectivity index (χ4n) is 1.73. The maximum atomic E-state index is 13.4. The molecule has 0 amide bonds. The zero-order valence-electron chi connectivity index (χ0n) is 13.7. The van der Waals surface area contributed by atoms with Gasteiger partial charge in [-0.2, -0.15) is 0 Å².